The molecule has 0 aliphatic heterocycles. The molecule has 1 atom stereocenters. The average molecular weight is 418 g/mol. The van der Waals surface area contributed by atoms with Crippen molar-refractivity contribution in [3.63, 3.8) is 0 Å². The van der Waals surface area contributed by atoms with Gasteiger partial charge >= 0.3 is 6.18 Å². The maximum Gasteiger partial charge on any atom is 0.435 e. The molecule has 1 heterocycles. The summed E-state index contributed by atoms with van der Waals surface area (Å²) in [7, 11) is -0.644. The Morgan fingerprint density at radius 3 is 2.54 bits per heavy atom. The number of aliphatic hydroxyl groups is 1. The van der Waals surface area contributed by atoms with E-state index in [0.717, 1.165) is 25.7 Å². The number of aliphatic hydroxyl groups excluding tert-OH is 1. The van der Waals surface area contributed by atoms with E-state index >= 15 is 0 Å². The third kappa shape index (κ3) is 4.37. The number of hydrogen-bond acceptors (Lipinski definition) is 4. The Hall–Kier alpha value is -1.95. The van der Waals surface area contributed by atoms with Crippen molar-refractivity contribution in [2.45, 2.75) is 38.2 Å². The van der Waals surface area contributed by atoms with E-state index in [9.17, 15) is 21.6 Å². The van der Waals surface area contributed by atoms with Crippen molar-refractivity contribution in [2.75, 3.05) is 14.1 Å². The average Bonchev–Trinajstić information content (AvgIpc) is 3.16. The van der Waals surface area contributed by atoms with Crippen LogP contribution >= 0.6 is 0 Å². The molecule has 11 heteroatoms. The van der Waals surface area contributed by atoms with Gasteiger partial charge in [0.1, 0.15) is 0 Å². The van der Waals surface area contributed by atoms with Crippen molar-refractivity contribution in [1.29, 1.82) is 0 Å². The predicted molar refractivity (Wildman–Crippen MR) is 95.6 cm³/mol. The summed E-state index contributed by atoms with van der Waals surface area (Å²) in [6.07, 6.45) is -2.38. The monoisotopic (exact) mass is 418 g/mol. The van der Waals surface area contributed by atoms with Crippen LogP contribution in [0.4, 0.5) is 13.2 Å². The van der Waals surface area contributed by atoms with Gasteiger partial charge < -0.3 is 5.11 Å². The summed E-state index contributed by atoms with van der Waals surface area (Å²) in [6, 6.07) is 5.23. The minimum absolute atomic E-state index is 0.116. The number of fused-ring (bicyclic) bond motifs is 1. The molecule has 0 spiro atoms. The van der Waals surface area contributed by atoms with Crippen molar-refractivity contribution < 1.29 is 26.7 Å². The lowest BCUT2D eigenvalue weighted by molar-refractivity contribution is -0.142. The molecule has 0 unspecified atom stereocenters. The highest BCUT2D eigenvalue weighted by Gasteiger charge is 2.37. The number of nitrogens with one attached hydrogen (secondary N) is 1. The molecule has 7 nitrogen and oxygen atoms in total. The first-order valence-corrected chi connectivity index (χ1v) is 9.98. The third-order valence-corrected chi connectivity index (χ3v) is 6.21. The minimum atomic E-state index is -4.63. The lowest BCUT2D eigenvalue weighted by Gasteiger charge is -2.16. The van der Waals surface area contributed by atoms with Gasteiger partial charge in [0.25, 0.3) is 10.2 Å². The molecule has 154 valence electrons. The van der Waals surface area contributed by atoms with Gasteiger partial charge in [0, 0.05) is 31.9 Å². The maximum absolute atomic E-state index is 13.0. The van der Waals surface area contributed by atoms with Crippen LogP contribution in [0.25, 0.3) is 0 Å². The smallest absolute Gasteiger partial charge is 0.392 e. The Labute approximate surface area is 161 Å². The Morgan fingerprint density at radius 1 is 1.29 bits per heavy atom. The second-order valence-corrected chi connectivity index (χ2v) is 8.89. The van der Waals surface area contributed by atoms with Crippen LogP contribution in [-0.2, 0) is 42.4 Å². The van der Waals surface area contributed by atoms with Crippen LogP contribution in [0.5, 0.6) is 0 Å². The van der Waals surface area contributed by atoms with Crippen molar-refractivity contribution in [3.8, 4) is 0 Å². The zero-order chi connectivity index (χ0) is 20.7. The highest BCUT2D eigenvalue weighted by atomic mass is 32.2. The molecule has 1 aliphatic carbocycles. The van der Waals surface area contributed by atoms with Gasteiger partial charge in [0.05, 0.1) is 13.2 Å². The number of halogens is 3. The van der Waals surface area contributed by atoms with Crippen LogP contribution in [0.1, 0.15) is 27.9 Å². The second kappa shape index (κ2) is 7.47. The highest BCUT2D eigenvalue weighted by molar-refractivity contribution is 7.87. The van der Waals surface area contributed by atoms with Crippen LogP contribution in [0.3, 0.4) is 0 Å². The van der Waals surface area contributed by atoms with Crippen molar-refractivity contribution in [2.24, 2.45) is 0 Å². The second-order valence-electron chi connectivity index (χ2n) is 6.97. The van der Waals surface area contributed by atoms with E-state index < -0.39 is 28.7 Å². The van der Waals surface area contributed by atoms with E-state index in [1.165, 1.54) is 20.3 Å². The molecule has 2 N–H and O–H groups in total. The molecule has 1 aromatic carbocycles. The Kier molecular flexibility index (Phi) is 5.54. The molecule has 0 saturated heterocycles. The molecular weight excluding hydrogens is 397 g/mol. The molecule has 0 saturated carbocycles. The summed E-state index contributed by atoms with van der Waals surface area (Å²) >= 11 is 0. The van der Waals surface area contributed by atoms with Gasteiger partial charge in [-0.1, -0.05) is 18.2 Å². The summed E-state index contributed by atoms with van der Waals surface area (Å²) in [5.41, 5.74) is 1.34. The largest absolute Gasteiger partial charge is 0.435 e. The molecule has 0 bridgehead atoms. The van der Waals surface area contributed by atoms with E-state index in [0.29, 0.717) is 12.8 Å². The fourth-order valence-corrected chi connectivity index (χ4v) is 4.05. The molecule has 1 aromatic heterocycles. The van der Waals surface area contributed by atoms with Gasteiger partial charge in [0.2, 0.25) is 0 Å². The Bertz CT molecular complexity index is 971. The first kappa shape index (κ1) is 20.8. The van der Waals surface area contributed by atoms with E-state index in [1.807, 2.05) is 12.1 Å². The highest BCUT2D eigenvalue weighted by Crippen LogP contribution is 2.31. The van der Waals surface area contributed by atoms with Gasteiger partial charge in [-0.2, -0.15) is 35.7 Å². The van der Waals surface area contributed by atoms with Crippen molar-refractivity contribution in [1.82, 2.24) is 18.8 Å². The van der Waals surface area contributed by atoms with E-state index in [4.69, 9.17) is 5.11 Å². The van der Waals surface area contributed by atoms with Crippen LogP contribution in [0.2, 0.25) is 0 Å². The number of aromatic nitrogens is 2. The Morgan fingerprint density at radius 2 is 1.96 bits per heavy atom. The lowest BCUT2D eigenvalue weighted by atomic mass is 10.1. The van der Waals surface area contributed by atoms with Gasteiger partial charge in [-0.3, -0.25) is 4.68 Å². The number of hydrogen-bond donors (Lipinski definition) is 2. The molecule has 3 rings (SSSR count). The topological polar surface area (TPSA) is 87.5 Å². The molecule has 0 amide bonds. The van der Waals surface area contributed by atoms with E-state index in [-0.39, 0.29) is 18.2 Å². The summed E-state index contributed by atoms with van der Waals surface area (Å²) in [5, 5.41) is 12.7. The fraction of sp³-hybridized carbons (Fsp3) is 0.471. The molecule has 1 aliphatic rings. The van der Waals surface area contributed by atoms with Crippen molar-refractivity contribution >= 4 is 10.2 Å². The fourth-order valence-electron chi connectivity index (χ4n) is 3.25. The van der Waals surface area contributed by atoms with E-state index in [2.05, 4.69) is 9.82 Å². The molecule has 28 heavy (non-hydrogen) atoms. The zero-order valence-corrected chi connectivity index (χ0v) is 16.2. The van der Waals surface area contributed by atoms with Gasteiger partial charge in [-0.25, -0.2) is 0 Å². The lowest BCUT2D eigenvalue weighted by Crippen LogP contribution is -2.42. The first-order valence-electron chi connectivity index (χ1n) is 8.54. The quantitative estimate of drug-likeness (QED) is 0.741. The maximum atomic E-state index is 13.0. The number of alkyl halides is 3. The summed E-state index contributed by atoms with van der Waals surface area (Å²) in [4.78, 5) is 0. The molecule has 2 aromatic rings. The zero-order valence-electron chi connectivity index (χ0n) is 15.4. The number of rotatable bonds is 6. The summed E-state index contributed by atoms with van der Waals surface area (Å²) in [5.74, 6) is 0. The Balaban J connectivity index is 1.75. The van der Waals surface area contributed by atoms with Crippen LogP contribution in [-0.4, -0.2) is 47.7 Å². The summed E-state index contributed by atoms with van der Waals surface area (Å²) in [6.45, 7) is -0.628. The number of benzene rings is 1. The van der Waals surface area contributed by atoms with Crippen LogP contribution < -0.4 is 4.72 Å². The van der Waals surface area contributed by atoms with Gasteiger partial charge in [0.15, 0.2) is 5.69 Å². The predicted octanol–water partition coefficient (Wildman–Crippen LogP) is 1.31. The van der Waals surface area contributed by atoms with Crippen LogP contribution in [0.15, 0.2) is 24.4 Å². The summed E-state index contributed by atoms with van der Waals surface area (Å²) < 4.78 is 67.7. The van der Waals surface area contributed by atoms with Crippen molar-refractivity contribution in [3.05, 3.63) is 52.3 Å². The standard InChI is InChI=1S/C17H21F3N4O3S/c1-23(2)28(26,27)22-15-6-12-4-3-11(5-13(12)7-15)8-24-9-14(10-25)16(21-24)17(18,19)20/h3-5,9,15,22,25H,6-8,10H2,1-2H3/t15-/m0/s1. The van der Waals surface area contributed by atoms with Gasteiger partial charge in [-0.15, -0.1) is 0 Å². The molecule has 0 radical (unpaired) electrons. The molecular formula is C17H21F3N4O3S. The first-order chi connectivity index (χ1) is 13.0. The van der Waals surface area contributed by atoms with Gasteiger partial charge in [-0.05, 0) is 29.5 Å². The van der Waals surface area contributed by atoms with E-state index in [1.54, 1.807) is 6.07 Å². The van der Waals surface area contributed by atoms with Crippen LogP contribution in [0, 0.1) is 0 Å². The number of nitrogens with zero attached hydrogens (tertiary/aromatic N) is 3. The third-order valence-electron chi connectivity index (χ3n) is 4.62. The minimum Gasteiger partial charge on any atom is -0.392 e. The SMILES string of the molecule is CN(C)S(=O)(=O)N[C@H]1Cc2ccc(Cn3cc(CO)c(C(F)(F)F)n3)cc2C1. The molecule has 0 fully saturated rings. The normalized spacial score (nSPS) is 17.3.